The number of carbonyl (C=O) groups is 1. The van der Waals surface area contributed by atoms with Gasteiger partial charge in [0.15, 0.2) is 0 Å². The molecule has 7 nitrogen and oxygen atoms in total. The van der Waals surface area contributed by atoms with Crippen molar-refractivity contribution < 1.29 is 31.2 Å². The Morgan fingerprint density at radius 3 is 1.94 bits per heavy atom. The van der Waals surface area contributed by atoms with E-state index in [9.17, 15) is 17.8 Å². The van der Waals surface area contributed by atoms with E-state index in [1.807, 2.05) is 27.9 Å². The van der Waals surface area contributed by atoms with Gasteiger partial charge in [-0.2, -0.15) is 0 Å². The fourth-order valence-electron chi connectivity index (χ4n) is 0.496. The van der Waals surface area contributed by atoms with Crippen LogP contribution < -0.4 is 0 Å². The molecule has 0 rings (SSSR count). The van der Waals surface area contributed by atoms with Crippen LogP contribution in [0.2, 0.25) is 0 Å². The topological polar surface area (TPSA) is 92.7 Å². The molecule has 0 amide bonds. The summed E-state index contributed by atoms with van der Waals surface area (Å²) >= 11 is 0. The van der Waals surface area contributed by atoms with Crippen molar-refractivity contribution >= 4 is 16.4 Å². The molecule has 0 spiro atoms. The van der Waals surface area contributed by atoms with E-state index < -0.39 is 10.4 Å². The van der Waals surface area contributed by atoms with Crippen LogP contribution in [0.25, 0.3) is 0 Å². The first kappa shape index (κ1) is 19.6. The lowest BCUT2D eigenvalue weighted by Crippen LogP contribution is -2.42. The second kappa shape index (κ2) is 8.41. The van der Waals surface area contributed by atoms with Crippen molar-refractivity contribution in [3.05, 3.63) is 0 Å². The Morgan fingerprint density at radius 1 is 1.33 bits per heavy atom. The Kier molecular flexibility index (Phi) is 9.17. The Morgan fingerprint density at radius 2 is 1.72 bits per heavy atom. The van der Waals surface area contributed by atoms with Gasteiger partial charge >= 0.3 is 5.97 Å². The monoisotopic (exact) mass is 285 g/mol. The van der Waals surface area contributed by atoms with Gasteiger partial charge in [0.1, 0.15) is 0 Å². The van der Waals surface area contributed by atoms with Gasteiger partial charge in [-0.25, -0.2) is 8.42 Å². The lowest BCUT2D eigenvalue weighted by Gasteiger charge is -2.27. The molecule has 0 aliphatic heterocycles. The van der Waals surface area contributed by atoms with Crippen LogP contribution in [0.5, 0.6) is 0 Å². The first-order chi connectivity index (χ1) is 7.95. The Balaban J connectivity index is 0. The summed E-state index contributed by atoms with van der Waals surface area (Å²) in [5.41, 5.74) is 0. The van der Waals surface area contributed by atoms with E-state index in [1.165, 1.54) is 0 Å². The summed E-state index contributed by atoms with van der Waals surface area (Å²) in [6.07, 6.45) is 0. The molecule has 110 valence electrons. The molecule has 0 unspecified atom stereocenters. The normalized spacial score (nSPS) is 11.8. The van der Waals surface area contributed by atoms with Crippen molar-refractivity contribution in [2.24, 2.45) is 5.92 Å². The smallest absolute Gasteiger partial charge is 0.312 e. The second-order valence-electron chi connectivity index (χ2n) is 4.57. The van der Waals surface area contributed by atoms with Crippen LogP contribution in [-0.4, -0.2) is 57.9 Å². The molecule has 8 heteroatoms. The van der Waals surface area contributed by atoms with Gasteiger partial charge in [0, 0.05) is 0 Å². The number of nitrogens with zero attached hydrogens (tertiary/aromatic N) is 1. The van der Waals surface area contributed by atoms with E-state index in [2.05, 4.69) is 11.1 Å². The SMILES string of the molecule is CC[N+](C)(C)COC(=O)C(C)C.COS(=O)(=O)[O-]. The van der Waals surface area contributed by atoms with Gasteiger partial charge in [-0.15, -0.1) is 0 Å². The standard InChI is InChI=1S/C9H20NO2.CH4O4S/c1-6-10(4,5)7-12-9(11)8(2)3;1-5-6(2,3)4/h8H,6-7H2,1-5H3;1H3,(H,2,3,4)/q+1;/p-1. The Bertz CT molecular complexity index is 336. The van der Waals surface area contributed by atoms with Crippen molar-refractivity contribution in [1.82, 2.24) is 0 Å². The van der Waals surface area contributed by atoms with Crippen LogP contribution in [0.15, 0.2) is 0 Å². The molecule has 0 aromatic heterocycles. The molecule has 0 aliphatic rings. The summed E-state index contributed by atoms with van der Waals surface area (Å²) < 4.78 is 36.8. The van der Waals surface area contributed by atoms with Gasteiger partial charge in [0.2, 0.25) is 17.1 Å². The Hall–Kier alpha value is -0.700. The number of hydrogen-bond donors (Lipinski definition) is 0. The zero-order valence-corrected chi connectivity index (χ0v) is 12.6. The van der Waals surface area contributed by atoms with Crippen molar-refractivity contribution in [3.63, 3.8) is 0 Å². The number of rotatable bonds is 5. The summed E-state index contributed by atoms with van der Waals surface area (Å²) in [6.45, 7) is 7.19. The molecule has 0 saturated heterocycles. The molecule has 0 aliphatic carbocycles. The predicted molar refractivity (Wildman–Crippen MR) is 65.2 cm³/mol. The highest BCUT2D eigenvalue weighted by atomic mass is 32.3. The maximum atomic E-state index is 11.1. The highest BCUT2D eigenvalue weighted by Crippen LogP contribution is 2.00. The molecule has 18 heavy (non-hydrogen) atoms. The van der Waals surface area contributed by atoms with Gasteiger partial charge in [-0.1, -0.05) is 13.8 Å². The predicted octanol–water partition coefficient (Wildman–Crippen LogP) is 0.332. The molecular weight excluding hydrogens is 262 g/mol. The summed E-state index contributed by atoms with van der Waals surface area (Å²) in [4.78, 5) is 11.1. The average molecular weight is 285 g/mol. The third-order valence-electron chi connectivity index (χ3n) is 2.09. The molecule has 0 heterocycles. The summed E-state index contributed by atoms with van der Waals surface area (Å²) in [5.74, 6) is -0.142. The van der Waals surface area contributed by atoms with Crippen LogP contribution in [-0.2, 0) is 24.1 Å². The van der Waals surface area contributed by atoms with E-state index in [-0.39, 0.29) is 11.9 Å². The molecule has 0 atom stereocenters. The number of ether oxygens (including phenoxy) is 1. The first-order valence-electron chi connectivity index (χ1n) is 5.45. The molecule has 0 saturated carbocycles. The number of quaternary nitrogens is 1. The molecule has 0 radical (unpaired) electrons. The molecule has 0 fully saturated rings. The van der Waals surface area contributed by atoms with E-state index in [0.29, 0.717) is 6.73 Å². The summed E-state index contributed by atoms with van der Waals surface area (Å²) in [7, 11) is 0.466. The highest BCUT2D eigenvalue weighted by molar-refractivity contribution is 7.80. The minimum Gasteiger partial charge on any atom is -0.726 e. The van der Waals surface area contributed by atoms with Crippen molar-refractivity contribution in [3.8, 4) is 0 Å². The molecule has 0 bridgehead atoms. The fraction of sp³-hybridized carbons (Fsp3) is 0.900. The van der Waals surface area contributed by atoms with Crippen LogP contribution in [0.1, 0.15) is 20.8 Å². The third kappa shape index (κ3) is 13.4. The minimum absolute atomic E-state index is 0.0261. The molecular formula is C10H23NO6S. The summed E-state index contributed by atoms with van der Waals surface area (Å²) in [6, 6.07) is 0. The van der Waals surface area contributed by atoms with Crippen molar-refractivity contribution in [1.29, 1.82) is 0 Å². The lowest BCUT2D eigenvalue weighted by molar-refractivity contribution is -0.905. The number of hydrogen-bond acceptors (Lipinski definition) is 6. The van der Waals surface area contributed by atoms with Crippen molar-refractivity contribution in [2.75, 3.05) is 34.5 Å². The van der Waals surface area contributed by atoms with Gasteiger partial charge in [-0.3, -0.25) is 13.5 Å². The van der Waals surface area contributed by atoms with Gasteiger partial charge in [-0.05, 0) is 6.92 Å². The highest BCUT2D eigenvalue weighted by Gasteiger charge is 2.16. The quantitative estimate of drug-likeness (QED) is 0.238. The number of esters is 1. The van der Waals surface area contributed by atoms with E-state index in [4.69, 9.17) is 4.74 Å². The average Bonchev–Trinajstić information content (AvgIpc) is 2.25. The van der Waals surface area contributed by atoms with Gasteiger partial charge in [0.25, 0.3) is 0 Å². The number of carbonyl (C=O) groups excluding carboxylic acids is 1. The molecule has 0 aromatic rings. The second-order valence-corrected chi connectivity index (χ2v) is 5.72. The Labute approximate surface area is 109 Å². The molecule has 0 aromatic carbocycles. The third-order valence-corrected chi connectivity index (χ3v) is 2.50. The van der Waals surface area contributed by atoms with Crippen LogP contribution in [0.4, 0.5) is 0 Å². The maximum absolute atomic E-state index is 11.1. The van der Waals surface area contributed by atoms with E-state index in [0.717, 1.165) is 18.1 Å². The van der Waals surface area contributed by atoms with Crippen LogP contribution >= 0.6 is 0 Å². The molecule has 0 N–H and O–H groups in total. The van der Waals surface area contributed by atoms with Crippen molar-refractivity contribution in [2.45, 2.75) is 20.8 Å². The van der Waals surface area contributed by atoms with Crippen LogP contribution in [0.3, 0.4) is 0 Å². The largest absolute Gasteiger partial charge is 0.726 e. The summed E-state index contributed by atoms with van der Waals surface area (Å²) in [5, 5.41) is 0. The van der Waals surface area contributed by atoms with E-state index in [1.54, 1.807) is 0 Å². The maximum Gasteiger partial charge on any atom is 0.312 e. The fourth-order valence-corrected chi connectivity index (χ4v) is 0.496. The van der Waals surface area contributed by atoms with Gasteiger partial charge in [0.05, 0.1) is 33.7 Å². The zero-order valence-electron chi connectivity index (χ0n) is 11.8. The van der Waals surface area contributed by atoms with Crippen LogP contribution in [0, 0.1) is 5.92 Å². The van der Waals surface area contributed by atoms with Gasteiger partial charge < -0.3 is 9.29 Å². The van der Waals surface area contributed by atoms with E-state index >= 15 is 0 Å². The minimum atomic E-state index is -4.41. The lowest BCUT2D eigenvalue weighted by atomic mass is 10.2. The zero-order chi connectivity index (χ0) is 15.0. The first-order valence-corrected chi connectivity index (χ1v) is 6.78.